The molecule has 1 aromatic carbocycles. The predicted octanol–water partition coefficient (Wildman–Crippen LogP) is 1.55. The number of hydrogen-bond acceptors (Lipinski definition) is 3. The van der Waals surface area contributed by atoms with Crippen LogP contribution in [-0.4, -0.2) is 38.1 Å². The van der Waals surface area contributed by atoms with Crippen molar-refractivity contribution >= 4 is 17.3 Å². The molecule has 0 radical (unpaired) electrons. The summed E-state index contributed by atoms with van der Waals surface area (Å²) in [4.78, 5) is 4.67. The lowest BCUT2D eigenvalue weighted by Gasteiger charge is -2.34. The van der Waals surface area contributed by atoms with Gasteiger partial charge in [-0.05, 0) is 24.7 Å². The third-order valence-electron chi connectivity index (χ3n) is 3.09. The summed E-state index contributed by atoms with van der Waals surface area (Å²) in [5.41, 5.74) is 7.80. The van der Waals surface area contributed by atoms with Crippen LogP contribution in [0, 0.1) is 0 Å². The van der Waals surface area contributed by atoms with Crippen LogP contribution >= 0.6 is 11.6 Å². The van der Waals surface area contributed by atoms with Gasteiger partial charge in [-0.15, -0.1) is 0 Å². The molecular formula is C12H18ClN3. The average Bonchev–Trinajstić information content (AvgIpc) is 2.30. The Bertz CT molecular complexity index is 359. The second kappa shape index (κ2) is 5.04. The lowest BCUT2D eigenvalue weighted by atomic mass is 10.2. The molecule has 0 atom stereocenters. The van der Waals surface area contributed by atoms with Gasteiger partial charge in [0.05, 0.1) is 10.7 Å². The molecule has 0 aromatic heterocycles. The van der Waals surface area contributed by atoms with Gasteiger partial charge in [0.25, 0.3) is 0 Å². The highest BCUT2D eigenvalue weighted by atomic mass is 35.5. The number of hydrogen-bond donors (Lipinski definition) is 1. The van der Waals surface area contributed by atoms with E-state index in [1.807, 2.05) is 6.07 Å². The van der Waals surface area contributed by atoms with Crippen LogP contribution in [0.3, 0.4) is 0 Å². The lowest BCUT2D eigenvalue weighted by molar-refractivity contribution is 0.313. The van der Waals surface area contributed by atoms with Crippen molar-refractivity contribution in [2.45, 2.75) is 6.54 Å². The fraction of sp³-hybridized carbons (Fsp3) is 0.500. The highest BCUT2D eigenvalue weighted by Gasteiger charge is 2.16. The van der Waals surface area contributed by atoms with Crippen molar-refractivity contribution in [2.75, 3.05) is 38.1 Å². The van der Waals surface area contributed by atoms with Crippen molar-refractivity contribution in [3.63, 3.8) is 0 Å². The second-order valence-electron chi connectivity index (χ2n) is 4.28. The van der Waals surface area contributed by atoms with E-state index < -0.39 is 0 Å². The van der Waals surface area contributed by atoms with Crippen LogP contribution in [0.2, 0.25) is 5.02 Å². The number of rotatable bonds is 2. The van der Waals surface area contributed by atoms with Gasteiger partial charge in [-0.3, -0.25) is 0 Å². The minimum atomic E-state index is 0.544. The highest BCUT2D eigenvalue weighted by molar-refractivity contribution is 6.33. The molecular weight excluding hydrogens is 222 g/mol. The van der Waals surface area contributed by atoms with Gasteiger partial charge in [0.15, 0.2) is 0 Å². The Morgan fingerprint density at radius 2 is 1.94 bits per heavy atom. The number of likely N-dealkylation sites (N-methyl/N-ethyl adjacent to an activating group) is 1. The summed E-state index contributed by atoms with van der Waals surface area (Å²) < 4.78 is 0. The van der Waals surface area contributed by atoms with E-state index in [1.54, 1.807) is 0 Å². The van der Waals surface area contributed by atoms with Gasteiger partial charge >= 0.3 is 0 Å². The molecule has 88 valence electrons. The van der Waals surface area contributed by atoms with E-state index in [0.717, 1.165) is 42.5 Å². The van der Waals surface area contributed by atoms with Gasteiger partial charge in [-0.25, -0.2) is 0 Å². The van der Waals surface area contributed by atoms with Gasteiger partial charge in [0, 0.05) is 32.7 Å². The summed E-state index contributed by atoms with van der Waals surface area (Å²) in [5, 5.41) is 0.813. The number of piperazine rings is 1. The lowest BCUT2D eigenvalue weighted by Crippen LogP contribution is -2.44. The molecule has 0 amide bonds. The van der Waals surface area contributed by atoms with Crippen LogP contribution in [0.25, 0.3) is 0 Å². The van der Waals surface area contributed by atoms with Gasteiger partial charge in [-0.1, -0.05) is 17.7 Å². The zero-order valence-corrected chi connectivity index (χ0v) is 10.4. The van der Waals surface area contributed by atoms with Crippen molar-refractivity contribution in [2.24, 2.45) is 5.73 Å². The molecule has 16 heavy (non-hydrogen) atoms. The molecule has 0 unspecified atom stereocenters. The van der Waals surface area contributed by atoms with Crippen molar-refractivity contribution < 1.29 is 0 Å². The van der Waals surface area contributed by atoms with E-state index in [4.69, 9.17) is 17.3 Å². The Morgan fingerprint density at radius 1 is 1.25 bits per heavy atom. The highest BCUT2D eigenvalue weighted by Crippen LogP contribution is 2.27. The van der Waals surface area contributed by atoms with Crippen LogP contribution in [0.5, 0.6) is 0 Å². The fourth-order valence-corrected chi connectivity index (χ4v) is 2.30. The van der Waals surface area contributed by atoms with Crippen LogP contribution < -0.4 is 10.6 Å². The maximum atomic E-state index is 6.27. The maximum Gasteiger partial charge on any atom is 0.0642 e. The Labute approximate surface area is 102 Å². The molecule has 3 nitrogen and oxygen atoms in total. The van der Waals surface area contributed by atoms with Crippen molar-refractivity contribution in [1.29, 1.82) is 0 Å². The first kappa shape index (κ1) is 11.7. The average molecular weight is 240 g/mol. The Balaban J connectivity index is 2.14. The fourth-order valence-electron chi connectivity index (χ4n) is 1.98. The first-order chi connectivity index (χ1) is 7.70. The molecule has 0 saturated carbocycles. The van der Waals surface area contributed by atoms with Gasteiger partial charge in [0.1, 0.15) is 0 Å². The van der Waals surface area contributed by atoms with Crippen LogP contribution in [-0.2, 0) is 6.54 Å². The SMILES string of the molecule is CN1CCN(c2ccc(CN)cc2Cl)CC1. The molecule has 4 heteroatoms. The molecule has 1 heterocycles. The van der Waals surface area contributed by atoms with Crippen molar-refractivity contribution in [3.8, 4) is 0 Å². The summed E-state index contributed by atoms with van der Waals surface area (Å²) in [7, 11) is 2.15. The summed E-state index contributed by atoms with van der Waals surface area (Å²) in [6, 6.07) is 6.10. The molecule has 2 N–H and O–H groups in total. The summed E-state index contributed by atoms with van der Waals surface area (Å²) in [6.07, 6.45) is 0. The molecule has 0 aliphatic carbocycles. The quantitative estimate of drug-likeness (QED) is 0.850. The minimum absolute atomic E-state index is 0.544. The number of anilines is 1. The summed E-state index contributed by atoms with van der Waals surface area (Å²) in [5.74, 6) is 0. The van der Waals surface area contributed by atoms with E-state index in [0.29, 0.717) is 6.54 Å². The van der Waals surface area contributed by atoms with Gasteiger partial charge < -0.3 is 15.5 Å². The molecule has 0 bridgehead atoms. The van der Waals surface area contributed by atoms with Crippen molar-refractivity contribution in [3.05, 3.63) is 28.8 Å². The zero-order valence-electron chi connectivity index (χ0n) is 9.62. The first-order valence-electron chi connectivity index (χ1n) is 5.62. The number of nitrogens with two attached hydrogens (primary N) is 1. The molecule has 1 aliphatic heterocycles. The number of halogens is 1. The topological polar surface area (TPSA) is 32.5 Å². The Kier molecular flexibility index (Phi) is 3.69. The number of nitrogens with zero attached hydrogens (tertiary/aromatic N) is 2. The Hall–Kier alpha value is -0.770. The molecule has 1 fully saturated rings. The smallest absolute Gasteiger partial charge is 0.0642 e. The molecule has 2 rings (SSSR count). The third-order valence-corrected chi connectivity index (χ3v) is 3.39. The molecule has 1 aromatic rings. The van der Waals surface area contributed by atoms with Crippen molar-refractivity contribution in [1.82, 2.24) is 4.90 Å². The third kappa shape index (κ3) is 2.48. The molecule has 1 saturated heterocycles. The standard InChI is InChI=1S/C12H18ClN3/c1-15-4-6-16(7-5-15)12-3-2-10(9-14)8-11(12)13/h2-3,8H,4-7,9,14H2,1H3. The van der Waals surface area contributed by atoms with E-state index in [9.17, 15) is 0 Å². The number of benzene rings is 1. The monoisotopic (exact) mass is 239 g/mol. The van der Waals surface area contributed by atoms with E-state index in [-0.39, 0.29) is 0 Å². The van der Waals surface area contributed by atoms with Gasteiger partial charge in [0.2, 0.25) is 0 Å². The zero-order chi connectivity index (χ0) is 11.5. The predicted molar refractivity (Wildman–Crippen MR) is 69.1 cm³/mol. The maximum absolute atomic E-state index is 6.27. The van der Waals surface area contributed by atoms with Crippen LogP contribution in [0.15, 0.2) is 18.2 Å². The first-order valence-corrected chi connectivity index (χ1v) is 6.00. The summed E-state index contributed by atoms with van der Waals surface area (Å²) >= 11 is 6.27. The van der Waals surface area contributed by atoms with E-state index in [2.05, 4.69) is 29.0 Å². The van der Waals surface area contributed by atoms with Crippen LogP contribution in [0.4, 0.5) is 5.69 Å². The Morgan fingerprint density at radius 3 is 2.50 bits per heavy atom. The van der Waals surface area contributed by atoms with E-state index >= 15 is 0 Å². The normalized spacial score (nSPS) is 17.8. The molecule has 1 aliphatic rings. The molecule has 0 spiro atoms. The van der Waals surface area contributed by atoms with Crippen LogP contribution in [0.1, 0.15) is 5.56 Å². The van der Waals surface area contributed by atoms with Gasteiger partial charge in [-0.2, -0.15) is 0 Å². The second-order valence-corrected chi connectivity index (χ2v) is 4.69. The minimum Gasteiger partial charge on any atom is -0.368 e. The summed E-state index contributed by atoms with van der Waals surface area (Å²) in [6.45, 7) is 4.81. The largest absolute Gasteiger partial charge is 0.368 e. The van der Waals surface area contributed by atoms with E-state index in [1.165, 1.54) is 0 Å².